The van der Waals surface area contributed by atoms with Crippen LogP contribution in [0.5, 0.6) is 5.75 Å². The molecule has 0 bridgehead atoms. The largest absolute Gasteiger partial charge is 0.479 e. The summed E-state index contributed by atoms with van der Waals surface area (Å²) in [6, 6.07) is 14.7. The van der Waals surface area contributed by atoms with Crippen LogP contribution in [0, 0.1) is 6.92 Å². The van der Waals surface area contributed by atoms with Crippen LogP contribution in [0.2, 0.25) is 5.02 Å². The minimum atomic E-state index is -0.630. The van der Waals surface area contributed by atoms with Crippen molar-refractivity contribution in [1.29, 1.82) is 0 Å². The summed E-state index contributed by atoms with van der Waals surface area (Å²) in [6.07, 6.45) is -0.630. The summed E-state index contributed by atoms with van der Waals surface area (Å²) >= 11 is 6.00. The summed E-state index contributed by atoms with van der Waals surface area (Å²) in [4.78, 5) is 12.1. The van der Waals surface area contributed by atoms with Crippen LogP contribution in [0.3, 0.4) is 0 Å². The van der Waals surface area contributed by atoms with Crippen molar-refractivity contribution in [2.24, 2.45) is 0 Å². The predicted molar refractivity (Wildman–Crippen MR) is 81.4 cm³/mol. The first-order valence-corrected chi connectivity index (χ1v) is 6.73. The molecule has 0 saturated heterocycles. The Morgan fingerprint density at radius 2 is 1.80 bits per heavy atom. The van der Waals surface area contributed by atoms with Gasteiger partial charge in [0.2, 0.25) is 0 Å². The summed E-state index contributed by atoms with van der Waals surface area (Å²) in [5, 5.41) is 3.33. The normalized spacial score (nSPS) is 11.8. The zero-order valence-electron chi connectivity index (χ0n) is 11.4. The highest BCUT2D eigenvalue weighted by atomic mass is 35.5. The van der Waals surface area contributed by atoms with E-state index in [1.165, 1.54) is 0 Å². The van der Waals surface area contributed by atoms with Crippen LogP contribution in [0.15, 0.2) is 48.5 Å². The number of ether oxygens (including phenoxy) is 1. The molecule has 4 heteroatoms. The molecule has 0 saturated carbocycles. The summed E-state index contributed by atoms with van der Waals surface area (Å²) in [7, 11) is 0. The number of anilines is 1. The number of rotatable bonds is 4. The number of carbonyl (C=O) groups is 1. The van der Waals surface area contributed by atoms with Crippen molar-refractivity contribution in [3.63, 3.8) is 0 Å². The number of amides is 1. The minimum absolute atomic E-state index is 0.209. The molecule has 0 aromatic heterocycles. The highest BCUT2D eigenvalue weighted by molar-refractivity contribution is 6.32. The van der Waals surface area contributed by atoms with Gasteiger partial charge < -0.3 is 10.1 Å². The van der Waals surface area contributed by atoms with E-state index in [-0.39, 0.29) is 5.91 Å². The van der Waals surface area contributed by atoms with Gasteiger partial charge in [-0.25, -0.2) is 0 Å². The lowest BCUT2D eigenvalue weighted by Crippen LogP contribution is -2.30. The second-order valence-electron chi connectivity index (χ2n) is 4.49. The quantitative estimate of drug-likeness (QED) is 0.922. The van der Waals surface area contributed by atoms with E-state index in [0.29, 0.717) is 10.8 Å². The molecule has 0 spiro atoms. The lowest BCUT2D eigenvalue weighted by Gasteiger charge is -2.16. The molecule has 2 rings (SSSR count). The van der Waals surface area contributed by atoms with E-state index >= 15 is 0 Å². The van der Waals surface area contributed by atoms with Gasteiger partial charge in [0.25, 0.3) is 5.91 Å². The Balaban J connectivity index is 2.03. The molecule has 0 fully saturated rings. The minimum Gasteiger partial charge on any atom is -0.479 e. The Hall–Kier alpha value is -2.00. The molecule has 2 aromatic carbocycles. The molecule has 0 radical (unpaired) electrons. The molecule has 0 aliphatic heterocycles. The second kappa shape index (κ2) is 6.44. The van der Waals surface area contributed by atoms with Gasteiger partial charge in [0.05, 0.1) is 5.02 Å². The van der Waals surface area contributed by atoms with Crippen molar-refractivity contribution in [3.05, 3.63) is 59.1 Å². The average molecular weight is 290 g/mol. The third kappa shape index (κ3) is 3.52. The maximum absolute atomic E-state index is 12.1. The summed E-state index contributed by atoms with van der Waals surface area (Å²) in [5.74, 6) is 0.292. The number of hydrogen-bond acceptors (Lipinski definition) is 2. The molecule has 2 aromatic rings. The molecule has 0 unspecified atom stereocenters. The van der Waals surface area contributed by atoms with Crippen molar-refractivity contribution >= 4 is 23.2 Å². The second-order valence-corrected chi connectivity index (χ2v) is 4.90. The molecule has 0 heterocycles. The Morgan fingerprint density at radius 1 is 1.15 bits per heavy atom. The summed E-state index contributed by atoms with van der Waals surface area (Å²) in [5.41, 5.74) is 1.79. The van der Waals surface area contributed by atoms with E-state index in [2.05, 4.69) is 5.32 Å². The third-order valence-electron chi connectivity index (χ3n) is 2.91. The van der Waals surface area contributed by atoms with Crippen LogP contribution < -0.4 is 10.1 Å². The Morgan fingerprint density at radius 3 is 2.50 bits per heavy atom. The number of para-hydroxylation sites is 2. The molecule has 0 aliphatic carbocycles. The Labute approximate surface area is 123 Å². The summed E-state index contributed by atoms with van der Waals surface area (Å²) < 4.78 is 5.57. The molecule has 1 atom stereocenters. The molecular formula is C16H16ClNO2. The number of nitrogens with one attached hydrogen (secondary N) is 1. The maximum atomic E-state index is 12.1. The Kier molecular flexibility index (Phi) is 4.64. The Bertz CT molecular complexity index is 613. The first-order chi connectivity index (χ1) is 9.58. The van der Waals surface area contributed by atoms with Gasteiger partial charge in [-0.3, -0.25) is 4.79 Å². The van der Waals surface area contributed by atoms with Crippen LogP contribution in [0.1, 0.15) is 12.5 Å². The number of benzene rings is 2. The predicted octanol–water partition coefficient (Wildman–Crippen LogP) is 4.05. The van der Waals surface area contributed by atoms with Gasteiger partial charge in [-0.1, -0.05) is 41.9 Å². The molecular weight excluding hydrogens is 274 g/mol. The standard InChI is InChI=1S/C16H16ClNO2/c1-11-7-3-5-9-14(11)18-16(19)12(2)20-15-10-6-4-8-13(15)17/h3-10,12H,1-2H3,(H,18,19)/t12-/m1/s1. The topological polar surface area (TPSA) is 38.3 Å². The van der Waals surface area contributed by atoms with Gasteiger partial charge in [0.1, 0.15) is 5.75 Å². The van der Waals surface area contributed by atoms with Gasteiger partial charge in [0.15, 0.2) is 6.10 Å². The smallest absolute Gasteiger partial charge is 0.265 e. The van der Waals surface area contributed by atoms with Crippen LogP contribution in [0.4, 0.5) is 5.69 Å². The molecule has 20 heavy (non-hydrogen) atoms. The molecule has 0 aliphatic rings. The van der Waals surface area contributed by atoms with E-state index in [1.807, 2.05) is 43.3 Å². The molecule has 1 N–H and O–H groups in total. The molecule has 1 amide bonds. The zero-order valence-corrected chi connectivity index (χ0v) is 12.1. The highest BCUT2D eigenvalue weighted by Gasteiger charge is 2.16. The van der Waals surface area contributed by atoms with Crippen molar-refractivity contribution in [1.82, 2.24) is 0 Å². The van der Waals surface area contributed by atoms with Crippen LogP contribution >= 0.6 is 11.6 Å². The third-order valence-corrected chi connectivity index (χ3v) is 3.22. The van der Waals surface area contributed by atoms with Crippen LogP contribution in [-0.4, -0.2) is 12.0 Å². The van der Waals surface area contributed by atoms with Gasteiger partial charge in [-0.15, -0.1) is 0 Å². The fourth-order valence-corrected chi connectivity index (χ4v) is 1.91. The van der Waals surface area contributed by atoms with E-state index in [4.69, 9.17) is 16.3 Å². The van der Waals surface area contributed by atoms with Crippen LogP contribution in [0.25, 0.3) is 0 Å². The molecule has 3 nitrogen and oxygen atoms in total. The van der Waals surface area contributed by atoms with E-state index in [1.54, 1.807) is 19.1 Å². The fraction of sp³-hybridized carbons (Fsp3) is 0.188. The zero-order chi connectivity index (χ0) is 14.5. The lowest BCUT2D eigenvalue weighted by molar-refractivity contribution is -0.122. The van der Waals surface area contributed by atoms with Crippen molar-refractivity contribution in [3.8, 4) is 5.75 Å². The number of carbonyl (C=O) groups excluding carboxylic acids is 1. The molecule has 104 valence electrons. The van der Waals surface area contributed by atoms with Crippen molar-refractivity contribution < 1.29 is 9.53 Å². The maximum Gasteiger partial charge on any atom is 0.265 e. The van der Waals surface area contributed by atoms with E-state index in [9.17, 15) is 4.79 Å². The summed E-state index contributed by atoms with van der Waals surface area (Å²) in [6.45, 7) is 3.63. The number of hydrogen-bond donors (Lipinski definition) is 1. The van der Waals surface area contributed by atoms with Gasteiger partial charge in [0, 0.05) is 5.69 Å². The SMILES string of the molecule is Cc1ccccc1NC(=O)[C@@H](C)Oc1ccccc1Cl. The first-order valence-electron chi connectivity index (χ1n) is 6.35. The number of halogens is 1. The van der Waals surface area contributed by atoms with Gasteiger partial charge in [-0.05, 0) is 37.6 Å². The van der Waals surface area contributed by atoms with Gasteiger partial charge in [-0.2, -0.15) is 0 Å². The van der Waals surface area contributed by atoms with Gasteiger partial charge >= 0.3 is 0 Å². The van der Waals surface area contributed by atoms with Crippen molar-refractivity contribution in [2.75, 3.05) is 5.32 Å². The lowest BCUT2D eigenvalue weighted by atomic mass is 10.2. The van der Waals surface area contributed by atoms with Crippen molar-refractivity contribution in [2.45, 2.75) is 20.0 Å². The van der Waals surface area contributed by atoms with E-state index in [0.717, 1.165) is 11.3 Å². The van der Waals surface area contributed by atoms with Crippen LogP contribution in [-0.2, 0) is 4.79 Å². The first kappa shape index (κ1) is 14.4. The monoisotopic (exact) mass is 289 g/mol. The average Bonchev–Trinajstić information content (AvgIpc) is 2.43. The number of aryl methyl sites for hydroxylation is 1. The fourth-order valence-electron chi connectivity index (χ4n) is 1.73. The highest BCUT2D eigenvalue weighted by Crippen LogP contribution is 2.24. The van der Waals surface area contributed by atoms with E-state index < -0.39 is 6.10 Å².